The van der Waals surface area contributed by atoms with Gasteiger partial charge >= 0.3 is 6.09 Å². The van der Waals surface area contributed by atoms with Crippen molar-refractivity contribution in [3.05, 3.63) is 29.8 Å². The number of alkyl carbamates (subject to hydrolysis) is 1. The lowest BCUT2D eigenvalue weighted by atomic mass is 9.86. The molecule has 0 spiro atoms. The second kappa shape index (κ2) is 9.62. The van der Waals surface area contributed by atoms with E-state index in [2.05, 4.69) is 10.6 Å². The molecule has 1 aromatic carbocycles. The van der Waals surface area contributed by atoms with Crippen LogP contribution in [0.1, 0.15) is 53.5 Å². The van der Waals surface area contributed by atoms with Gasteiger partial charge in [0.15, 0.2) is 0 Å². The van der Waals surface area contributed by atoms with Gasteiger partial charge in [0.1, 0.15) is 11.4 Å². The zero-order valence-electron chi connectivity index (χ0n) is 17.6. The molecule has 0 radical (unpaired) electrons. The van der Waals surface area contributed by atoms with E-state index in [0.29, 0.717) is 19.4 Å². The predicted octanol–water partition coefficient (Wildman–Crippen LogP) is 3.68. The number of ether oxygens (including phenoxy) is 2. The van der Waals surface area contributed by atoms with Crippen molar-refractivity contribution in [3.8, 4) is 5.75 Å². The van der Waals surface area contributed by atoms with Crippen LogP contribution in [0.4, 0.5) is 4.79 Å². The molecule has 152 valence electrons. The highest BCUT2D eigenvalue weighted by Gasteiger charge is 2.27. The molecular weight excluding hydrogens is 344 g/mol. The lowest BCUT2D eigenvalue weighted by Crippen LogP contribution is -2.51. The average molecular weight is 379 g/mol. The van der Waals surface area contributed by atoms with Gasteiger partial charge in [0.25, 0.3) is 0 Å². The van der Waals surface area contributed by atoms with E-state index in [1.54, 1.807) is 7.11 Å². The Balaban J connectivity index is 2.57. The first-order valence-corrected chi connectivity index (χ1v) is 9.30. The Hall–Kier alpha value is -2.24. The smallest absolute Gasteiger partial charge is 0.407 e. The van der Waals surface area contributed by atoms with E-state index in [0.717, 1.165) is 11.3 Å². The molecule has 0 fully saturated rings. The molecule has 6 heteroatoms. The van der Waals surface area contributed by atoms with Gasteiger partial charge in [-0.1, -0.05) is 32.9 Å². The minimum Gasteiger partial charge on any atom is -0.497 e. The molecule has 0 heterocycles. The molecule has 0 saturated heterocycles. The monoisotopic (exact) mass is 378 g/mol. The van der Waals surface area contributed by atoms with Crippen LogP contribution in [-0.4, -0.2) is 37.3 Å². The van der Waals surface area contributed by atoms with Crippen molar-refractivity contribution in [1.29, 1.82) is 0 Å². The van der Waals surface area contributed by atoms with Gasteiger partial charge < -0.3 is 20.1 Å². The van der Waals surface area contributed by atoms with Gasteiger partial charge in [0, 0.05) is 13.0 Å². The van der Waals surface area contributed by atoms with Crippen LogP contribution >= 0.6 is 0 Å². The maximum atomic E-state index is 12.4. The van der Waals surface area contributed by atoms with Crippen LogP contribution < -0.4 is 15.4 Å². The van der Waals surface area contributed by atoms with E-state index < -0.39 is 11.7 Å². The van der Waals surface area contributed by atoms with Gasteiger partial charge in [-0.15, -0.1) is 0 Å². The number of amides is 2. The minimum absolute atomic E-state index is 0.0521. The number of hydrogen-bond donors (Lipinski definition) is 2. The number of methoxy groups -OCH3 is 1. The zero-order chi connectivity index (χ0) is 20.7. The molecule has 0 aliphatic carbocycles. The first-order chi connectivity index (χ1) is 12.4. The molecule has 0 bridgehead atoms. The summed E-state index contributed by atoms with van der Waals surface area (Å²) >= 11 is 0. The summed E-state index contributed by atoms with van der Waals surface area (Å²) in [5.74, 6) is 0.728. The lowest BCUT2D eigenvalue weighted by molar-refractivity contribution is -0.122. The maximum Gasteiger partial charge on any atom is 0.407 e. The molecule has 6 nitrogen and oxygen atoms in total. The number of carbonyl (C=O) groups is 2. The molecule has 0 aliphatic heterocycles. The van der Waals surface area contributed by atoms with Crippen LogP contribution in [0.5, 0.6) is 5.75 Å². The molecule has 1 atom stereocenters. The lowest BCUT2D eigenvalue weighted by Gasteiger charge is -2.32. The summed E-state index contributed by atoms with van der Waals surface area (Å²) in [4.78, 5) is 24.3. The van der Waals surface area contributed by atoms with Gasteiger partial charge in [0.05, 0.1) is 13.2 Å². The molecule has 1 aromatic rings. The number of rotatable bonds is 7. The number of benzene rings is 1. The highest BCUT2D eigenvalue weighted by molar-refractivity contribution is 5.76. The van der Waals surface area contributed by atoms with Gasteiger partial charge in [-0.05, 0) is 50.3 Å². The van der Waals surface area contributed by atoms with Gasteiger partial charge in [-0.25, -0.2) is 4.79 Å². The molecule has 0 aromatic heterocycles. The van der Waals surface area contributed by atoms with Crippen molar-refractivity contribution >= 4 is 12.0 Å². The number of hydrogen-bond acceptors (Lipinski definition) is 4. The predicted molar refractivity (Wildman–Crippen MR) is 107 cm³/mol. The molecule has 2 N–H and O–H groups in total. The van der Waals surface area contributed by atoms with Crippen LogP contribution in [0, 0.1) is 5.41 Å². The number of nitrogens with one attached hydrogen (secondary N) is 2. The zero-order valence-corrected chi connectivity index (χ0v) is 17.6. The van der Waals surface area contributed by atoms with Crippen LogP contribution in [0.2, 0.25) is 0 Å². The third kappa shape index (κ3) is 9.31. The summed E-state index contributed by atoms with van der Waals surface area (Å²) in [5.41, 5.74) is 0.283. The Labute approximate surface area is 163 Å². The summed E-state index contributed by atoms with van der Waals surface area (Å²) in [7, 11) is 1.62. The van der Waals surface area contributed by atoms with Crippen molar-refractivity contribution in [1.82, 2.24) is 10.6 Å². The van der Waals surface area contributed by atoms with Gasteiger partial charge in [0.2, 0.25) is 5.91 Å². The normalized spacial score (nSPS) is 12.9. The SMILES string of the molecule is COc1cccc(CCC(=O)N[C@@H](CNC(=O)OC(C)(C)C)C(C)(C)C)c1. The number of aryl methyl sites for hydroxylation is 1. The fraction of sp³-hybridized carbons (Fsp3) is 0.619. The highest BCUT2D eigenvalue weighted by atomic mass is 16.6. The summed E-state index contributed by atoms with van der Waals surface area (Å²) in [6.07, 6.45) is 0.508. The quantitative estimate of drug-likeness (QED) is 0.759. The molecular formula is C21H34N2O4. The molecule has 0 aliphatic rings. The van der Waals surface area contributed by atoms with Gasteiger partial charge in [-0.3, -0.25) is 4.79 Å². The van der Waals surface area contributed by atoms with Crippen LogP contribution in [0.3, 0.4) is 0 Å². The third-order valence-electron chi connectivity index (χ3n) is 4.00. The Kier molecular flexibility index (Phi) is 8.13. The molecule has 1 rings (SSSR count). The molecule has 27 heavy (non-hydrogen) atoms. The van der Waals surface area contributed by atoms with Gasteiger partial charge in [-0.2, -0.15) is 0 Å². The third-order valence-corrected chi connectivity index (χ3v) is 4.00. The first-order valence-electron chi connectivity index (χ1n) is 9.30. The molecule has 0 unspecified atom stereocenters. The Morgan fingerprint density at radius 2 is 1.78 bits per heavy atom. The highest BCUT2D eigenvalue weighted by Crippen LogP contribution is 2.19. The second-order valence-corrected chi connectivity index (χ2v) is 8.72. The van der Waals surface area contributed by atoms with Crippen LogP contribution in [0.15, 0.2) is 24.3 Å². The van der Waals surface area contributed by atoms with E-state index >= 15 is 0 Å². The standard InChI is InChI=1S/C21H34N2O4/c1-20(2,3)17(14-22-19(25)27-21(4,5)6)23-18(24)12-11-15-9-8-10-16(13-15)26-7/h8-10,13,17H,11-12,14H2,1-7H3,(H,22,25)(H,23,24)/t17-/m0/s1. The van der Waals surface area contributed by atoms with Crippen molar-refractivity contribution in [2.45, 2.75) is 66.0 Å². The van der Waals surface area contributed by atoms with Crippen molar-refractivity contribution in [2.24, 2.45) is 5.41 Å². The van der Waals surface area contributed by atoms with Crippen molar-refractivity contribution < 1.29 is 19.1 Å². The van der Waals surface area contributed by atoms with Crippen molar-refractivity contribution in [3.63, 3.8) is 0 Å². The maximum absolute atomic E-state index is 12.4. The van der Waals surface area contributed by atoms with E-state index in [1.807, 2.05) is 65.8 Å². The van der Waals surface area contributed by atoms with Crippen LogP contribution in [-0.2, 0) is 16.0 Å². The summed E-state index contributed by atoms with van der Waals surface area (Å²) in [5, 5.41) is 5.78. The summed E-state index contributed by atoms with van der Waals surface area (Å²) < 4.78 is 10.5. The van der Waals surface area contributed by atoms with Crippen molar-refractivity contribution in [2.75, 3.05) is 13.7 Å². The Morgan fingerprint density at radius 1 is 1.11 bits per heavy atom. The van der Waals surface area contributed by atoms with E-state index in [4.69, 9.17) is 9.47 Å². The number of carbonyl (C=O) groups excluding carboxylic acids is 2. The van der Waals surface area contributed by atoms with E-state index in [1.165, 1.54) is 0 Å². The van der Waals surface area contributed by atoms with E-state index in [-0.39, 0.29) is 17.4 Å². The molecule has 0 saturated carbocycles. The topological polar surface area (TPSA) is 76.7 Å². The fourth-order valence-corrected chi connectivity index (χ4v) is 2.43. The fourth-order valence-electron chi connectivity index (χ4n) is 2.43. The minimum atomic E-state index is -0.554. The average Bonchev–Trinajstić information content (AvgIpc) is 2.54. The first kappa shape index (κ1) is 22.8. The Bertz CT molecular complexity index is 630. The van der Waals surface area contributed by atoms with Crippen LogP contribution in [0.25, 0.3) is 0 Å². The molecule has 2 amide bonds. The summed E-state index contributed by atoms with van der Waals surface area (Å²) in [6, 6.07) is 7.48. The summed E-state index contributed by atoms with van der Waals surface area (Å²) in [6.45, 7) is 11.8. The Morgan fingerprint density at radius 3 is 2.33 bits per heavy atom. The second-order valence-electron chi connectivity index (χ2n) is 8.72. The largest absolute Gasteiger partial charge is 0.497 e. The van der Waals surface area contributed by atoms with E-state index in [9.17, 15) is 9.59 Å².